The van der Waals surface area contributed by atoms with Crippen LogP contribution < -0.4 is 10.1 Å². The first kappa shape index (κ1) is 14.7. The second-order valence-corrected chi connectivity index (χ2v) is 6.34. The van der Waals surface area contributed by atoms with Crippen LogP contribution in [0.5, 0.6) is 5.75 Å². The fourth-order valence-electron chi connectivity index (χ4n) is 2.59. The van der Waals surface area contributed by atoms with E-state index in [2.05, 4.69) is 42.2 Å². The van der Waals surface area contributed by atoms with Gasteiger partial charge >= 0.3 is 0 Å². The van der Waals surface area contributed by atoms with Crippen molar-refractivity contribution >= 4 is 11.8 Å². The summed E-state index contributed by atoms with van der Waals surface area (Å²) in [5.74, 6) is 2.30. The fourth-order valence-corrected chi connectivity index (χ4v) is 4.01. The van der Waals surface area contributed by atoms with Crippen molar-refractivity contribution in [3.05, 3.63) is 29.8 Å². The molecule has 1 fully saturated rings. The summed E-state index contributed by atoms with van der Waals surface area (Å²) in [5, 5.41) is 4.43. The van der Waals surface area contributed by atoms with Crippen LogP contribution >= 0.6 is 11.8 Å². The van der Waals surface area contributed by atoms with Crippen LogP contribution in [-0.2, 0) is 0 Å². The minimum atomic E-state index is 0.466. The second kappa shape index (κ2) is 7.81. The molecule has 1 N–H and O–H groups in total. The third kappa shape index (κ3) is 4.15. The molecule has 3 heteroatoms. The Hall–Kier alpha value is -0.670. The van der Waals surface area contributed by atoms with Crippen LogP contribution in [0.15, 0.2) is 24.3 Å². The van der Waals surface area contributed by atoms with Gasteiger partial charge in [0.1, 0.15) is 5.75 Å². The van der Waals surface area contributed by atoms with E-state index in [1.807, 2.05) is 13.0 Å². The van der Waals surface area contributed by atoms with Gasteiger partial charge in [0.15, 0.2) is 0 Å². The summed E-state index contributed by atoms with van der Waals surface area (Å²) in [5.41, 5.74) is 1.37. The number of ether oxygens (including phenoxy) is 1. The third-order valence-electron chi connectivity index (χ3n) is 3.48. The molecule has 0 aliphatic carbocycles. The van der Waals surface area contributed by atoms with E-state index in [-0.39, 0.29) is 0 Å². The van der Waals surface area contributed by atoms with Crippen LogP contribution in [-0.4, -0.2) is 24.2 Å². The van der Waals surface area contributed by atoms with Gasteiger partial charge in [0.25, 0.3) is 0 Å². The van der Waals surface area contributed by atoms with Gasteiger partial charge in [-0.05, 0) is 56.2 Å². The van der Waals surface area contributed by atoms with E-state index in [0.717, 1.165) is 18.9 Å². The minimum absolute atomic E-state index is 0.466. The highest BCUT2D eigenvalue weighted by atomic mass is 32.2. The largest absolute Gasteiger partial charge is 0.494 e. The highest BCUT2D eigenvalue weighted by Crippen LogP contribution is 2.36. The zero-order valence-electron chi connectivity index (χ0n) is 12.0. The van der Waals surface area contributed by atoms with Crippen molar-refractivity contribution in [2.75, 3.05) is 18.9 Å². The zero-order chi connectivity index (χ0) is 13.5. The number of hydrogen-bond donors (Lipinski definition) is 1. The first-order valence-electron chi connectivity index (χ1n) is 7.43. The van der Waals surface area contributed by atoms with E-state index >= 15 is 0 Å². The Morgan fingerprint density at radius 1 is 1.42 bits per heavy atom. The molecule has 2 rings (SSSR count). The van der Waals surface area contributed by atoms with Crippen LogP contribution in [0.1, 0.15) is 44.7 Å². The first-order valence-corrected chi connectivity index (χ1v) is 8.47. The van der Waals surface area contributed by atoms with Gasteiger partial charge in [-0.3, -0.25) is 0 Å². The average Bonchev–Trinajstić information content (AvgIpc) is 2.94. The summed E-state index contributed by atoms with van der Waals surface area (Å²) in [6.07, 6.45) is 3.86. The molecule has 0 aromatic heterocycles. The molecule has 2 nitrogen and oxygen atoms in total. The lowest BCUT2D eigenvalue weighted by Gasteiger charge is -2.25. The summed E-state index contributed by atoms with van der Waals surface area (Å²) in [6, 6.07) is 9.06. The molecule has 1 aliphatic heterocycles. The molecular weight excluding hydrogens is 254 g/mol. The van der Waals surface area contributed by atoms with Gasteiger partial charge in [-0.1, -0.05) is 19.1 Å². The molecule has 0 saturated carbocycles. The maximum absolute atomic E-state index is 5.63. The Balaban J connectivity index is 2.13. The van der Waals surface area contributed by atoms with Crippen LogP contribution in [0.2, 0.25) is 0 Å². The number of benzene rings is 1. The lowest BCUT2D eigenvalue weighted by molar-refractivity contribution is 0.339. The maximum atomic E-state index is 5.63. The minimum Gasteiger partial charge on any atom is -0.494 e. The molecule has 1 heterocycles. The van der Waals surface area contributed by atoms with Crippen molar-refractivity contribution in [2.45, 2.75) is 44.4 Å². The monoisotopic (exact) mass is 279 g/mol. The predicted molar refractivity (Wildman–Crippen MR) is 84.1 cm³/mol. The van der Waals surface area contributed by atoms with E-state index < -0.39 is 0 Å². The quantitative estimate of drug-likeness (QED) is 0.814. The molecule has 0 radical (unpaired) electrons. The molecule has 2 atom stereocenters. The number of thioether (sulfide) groups is 1. The Morgan fingerprint density at radius 2 is 2.32 bits per heavy atom. The van der Waals surface area contributed by atoms with Gasteiger partial charge in [0.05, 0.1) is 6.61 Å². The molecular formula is C16H25NOS. The smallest absolute Gasteiger partial charge is 0.119 e. The van der Waals surface area contributed by atoms with Gasteiger partial charge in [-0.2, -0.15) is 11.8 Å². The number of nitrogens with one attached hydrogen (secondary N) is 1. The van der Waals surface area contributed by atoms with Crippen LogP contribution in [0.25, 0.3) is 0 Å². The molecule has 106 valence electrons. The van der Waals surface area contributed by atoms with E-state index in [9.17, 15) is 0 Å². The van der Waals surface area contributed by atoms with Gasteiger partial charge in [-0.25, -0.2) is 0 Å². The lowest BCUT2D eigenvalue weighted by atomic mass is 10.0. The molecule has 1 aromatic carbocycles. The van der Waals surface area contributed by atoms with Crippen molar-refractivity contribution < 1.29 is 4.74 Å². The highest BCUT2D eigenvalue weighted by Gasteiger charge is 2.26. The van der Waals surface area contributed by atoms with Gasteiger partial charge in [0, 0.05) is 11.3 Å². The van der Waals surface area contributed by atoms with Crippen LogP contribution in [0, 0.1) is 0 Å². The summed E-state index contributed by atoms with van der Waals surface area (Å²) >= 11 is 2.11. The topological polar surface area (TPSA) is 21.3 Å². The van der Waals surface area contributed by atoms with Gasteiger partial charge in [0.2, 0.25) is 0 Å². The SMILES string of the molecule is CCCNC(c1cccc(OCC)c1)C1CCCS1. The van der Waals surface area contributed by atoms with E-state index in [4.69, 9.17) is 4.74 Å². The first-order chi connectivity index (χ1) is 9.35. The fraction of sp³-hybridized carbons (Fsp3) is 0.625. The van der Waals surface area contributed by atoms with Crippen LogP contribution in [0.4, 0.5) is 0 Å². The van der Waals surface area contributed by atoms with Crippen LogP contribution in [0.3, 0.4) is 0 Å². The summed E-state index contributed by atoms with van der Waals surface area (Å²) < 4.78 is 5.63. The standard InChI is InChI=1S/C16H25NOS/c1-3-10-17-16(15-9-6-11-19-15)13-7-5-8-14(12-13)18-4-2/h5,7-8,12,15-17H,3-4,6,9-11H2,1-2H3. The zero-order valence-corrected chi connectivity index (χ0v) is 12.8. The van der Waals surface area contributed by atoms with Crippen molar-refractivity contribution in [3.63, 3.8) is 0 Å². The molecule has 1 saturated heterocycles. The normalized spacial score (nSPS) is 20.4. The number of rotatable bonds is 7. The van der Waals surface area contributed by atoms with Crippen molar-refractivity contribution in [3.8, 4) is 5.75 Å². The van der Waals surface area contributed by atoms with E-state index in [0.29, 0.717) is 11.3 Å². The Bertz CT molecular complexity index is 377. The highest BCUT2D eigenvalue weighted by molar-refractivity contribution is 8.00. The molecule has 0 bridgehead atoms. The van der Waals surface area contributed by atoms with E-state index in [1.165, 1.54) is 30.6 Å². The third-order valence-corrected chi connectivity index (χ3v) is 4.94. The Kier molecular flexibility index (Phi) is 6.05. The van der Waals surface area contributed by atoms with Crippen molar-refractivity contribution in [1.82, 2.24) is 5.32 Å². The van der Waals surface area contributed by atoms with E-state index in [1.54, 1.807) is 0 Å². The Morgan fingerprint density at radius 3 is 3.00 bits per heavy atom. The maximum Gasteiger partial charge on any atom is 0.119 e. The Labute approximate surface area is 121 Å². The predicted octanol–water partition coefficient (Wildman–Crippen LogP) is 4.02. The number of hydrogen-bond acceptors (Lipinski definition) is 3. The lowest BCUT2D eigenvalue weighted by Crippen LogP contribution is -2.29. The molecule has 19 heavy (non-hydrogen) atoms. The van der Waals surface area contributed by atoms with Crippen molar-refractivity contribution in [1.29, 1.82) is 0 Å². The summed E-state index contributed by atoms with van der Waals surface area (Å²) in [6.45, 7) is 6.07. The molecule has 1 aromatic rings. The van der Waals surface area contributed by atoms with Crippen molar-refractivity contribution in [2.24, 2.45) is 0 Å². The molecule has 0 spiro atoms. The molecule has 1 aliphatic rings. The molecule has 2 unspecified atom stereocenters. The summed E-state index contributed by atoms with van der Waals surface area (Å²) in [4.78, 5) is 0. The van der Waals surface area contributed by atoms with Gasteiger partial charge < -0.3 is 10.1 Å². The van der Waals surface area contributed by atoms with Gasteiger partial charge in [-0.15, -0.1) is 0 Å². The second-order valence-electron chi connectivity index (χ2n) is 4.99. The average molecular weight is 279 g/mol. The molecule has 0 amide bonds. The summed E-state index contributed by atoms with van der Waals surface area (Å²) in [7, 11) is 0.